The molecule has 1 aromatic heterocycles. The van der Waals surface area contributed by atoms with Gasteiger partial charge in [-0.3, -0.25) is 0 Å². The molecule has 32 heavy (non-hydrogen) atoms. The van der Waals surface area contributed by atoms with Crippen LogP contribution in [0.15, 0.2) is 53.9 Å². The average Bonchev–Trinajstić information content (AvgIpc) is 3.19. The second-order valence-corrected chi connectivity index (χ2v) is 8.48. The van der Waals surface area contributed by atoms with Crippen LogP contribution in [0.4, 0.5) is 26.3 Å². The maximum absolute atomic E-state index is 13.5. The van der Waals surface area contributed by atoms with Gasteiger partial charge < -0.3 is 10.2 Å². The van der Waals surface area contributed by atoms with E-state index in [0.717, 1.165) is 35.1 Å². The van der Waals surface area contributed by atoms with E-state index in [9.17, 15) is 31.4 Å². The molecular weight excluding hydrogens is 454 g/mol. The molecule has 0 fully saturated rings. The van der Waals surface area contributed by atoms with Crippen LogP contribution in [0.2, 0.25) is 0 Å². The summed E-state index contributed by atoms with van der Waals surface area (Å²) in [5.41, 5.74) is -4.88. The Labute approximate surface area is 184 Å². The van der Waals surface area contributed by atoms with Crippen LogP contribution < -0.4 is 0 Å². The van der Waals surface area contributed by atoms with Crippen LogP contribution in [0.3, 0.4) is 0 Å². The third-order valence-corrected chi connectivity index (χ3v) is 6.28. The Morgan fingerprint density at radius 2 is 1.44 bits per heavy atom. The Bertz CT molecular complexity index is 1050. The molecule has 0 spiro atoms. The van der Waals surface area contributed by atoms with E-state index in [4.69, 9.17) is 5.11 Å². The number of rotatable bonds is 6. The number of benzene rings is 2. The van der Waals surface area contributed by atoms with Gasteiger partial charge in [0.2, 0.25) is 0 Å². The summed E-state index contributed by atoms with van der Waals surface area (Å²) in [6.07, 6.45) is -10.8. The summed E-state index contributed by atoms with van der Waals surface area (Å²) in [5, 5.41) is 20.6. The van der Waals surface area contributed by atoms with Crippen molar-refractivity contribution < 1.29 is 36.6 Å². The Balaban J connectivity index is 1.96. The Kier molecular flexibility index (Phi) is 6.74. The molecule has 0 aliphatic carbocycles. The third kappa shape index (κ3) is 4.55. The molecule has 1 heterocycles. The fourth-order valence-electron chi connectivity index (χ4n) is 3.56. The largest absolute Gasteiger partial charge is 0.430 e. The first-order valence-corrected chi connectivity index (χ1v) is 10.5. The van der Waals surface area contributed by atoms with E-state index in [0.29, 0.717) is 12.8 Å². The van der Waals surface area contributed by atoms with Gasteiger partial charge in [0.15, 0.2) is 0 Å². The summed E-state index contributed by atoms with van der Waals surface area (Å²) in [7, 11) is 0. The molecule has 2 N–H and O–H groups in total. The van der Waals surface area contributed by atoms with Gasteiger partial charge in [-0.25, -0.2) is 0 Å². The van der Waals surface area contributed by atoms with Crippen molar-refractivity contribution in [3.05, 3.63) is 81.0 Å². The van der Waals surface area contributed by atoms with Gasteiger partial charge in [-0.05, 0) is 59.0 Å². The highest BCUT2D eigenvalue weighted by molar-refractivity contribution is 7.10. The van der Waals surface area contributed by atoms with Crippen molar-refractivity contribution in [1.82, 2.24) is 0 Å². The zero-order chi connectivity index (χ0) is 23.7. The molecule has 9 heteroatoms. The molecule has 3 aromatic rings. The monoisotopic (exact) mass is 474 g/mol. The van der Waals surface area contributed by atoms with Crippen molar-refractivity contribution in [3.8, 4) is 11.1 Å². The first-order chi connectivity index (χ1) is 14.9. The number of alkyl halides is 6. The molecule has 0 amide bonds. The first kappa shape index (κ1) is 24.3. The van der Waals surface area contributed by atoms with Crippen LogP contribution in [0, 0.1) is 6.92 Å². The van der Waals surface area contributed by atoms with Crippen LogP contribution >= 0.6 is 11.3 Å². The topological polar surface area (TPSA) is 40.5 Å². The molecule has 0 unspecified atom stereocenters. The van der Waals surface area contributed by atoms with Crippen molar-refractivity contribution in [3.63, 3.8) is 0 Å². The molecule has 0 aliphatic heterocycles. The first-order valence-electron chi connectivity index (χ1n) is 9.61. The summed E-state index contributed by atoms with van der Waals surface area (Å²) < 4.78 is 81.3. The molecule has 2 nitrogen and oxygen atoms in total. The highest BCUT2D eigenvalue weighted by atomic mass is 32.1. The van der Waals surface area contributed by atoms with Crippen molar-refractivity contribution in [2.24, 2.45) is 0 Å². The minimum Gasteiger partial charge on any atom is -0.392 e. The summed E-state index contributed by atoms with van der Waals surface area (Å²) in [6.45, 7) is 1.04. The standard InChI is InChI=1S/C23H20F6O2S/c1-14-3-2-4-19(20(14)21(31,22(24,25)26)23(27,28)29)17-11-18(32-13-17)10-9-15-5-7-16(12-30)8-6-15/h2-8,11,13,30-31H,9-10,12H2,1H3. The highest BCUT2D eigenvalue weighted by Gasteiger charge is 2.72. The Morgan fingerprint density at radius 1 is 0.844 bits per heavy atom. The predicted molar refractivity (Wildman–Crippen MR) is 110 cm³/mol. The van der Waals surface area contributed by atoms with E-state index >= 15 is 0 Å². The maximum atomic E-state index is 13.5. The quantitative estimate of drug-likeness (QED) is 0.411. The van der Waals surface area contributed by atoms with Gasteiger partial charge >= 0.3 is 12.4 Å². The van der Waals surface area contributed by atoms with Crippen molar-refractivity contribution in [2.45, 2.75) is 44.3 Å². The van der Waals surface area contributed by atoms with Gasteiger partial charge in [0.25, 0.3) is 5.60 Å². The second-order valence-electron chi connectivity index (χ2n) is 7.48. The molecule has 0 saturated carbocycles. The lowest BCUT2D eigenvalue weighted by Crippen LogP contribution is -2.54. The molecule has 3 rings (SSSR count). The zero-order valence-corrected chi connectivity index (χ0v) is 17.7. The van der Waals surface area contributed by atoms with Crippen LogP contribution in [-0.4, -0.2) is 22.6 Å². The highest BCUT2D eigenvalue weighted by Crippen LogP contribution is 2.53. The van der Waals surface area contributed by atoms with Crippen LogP contribution in [-0.2, 0) is 25.0 Å². The number of aliphatic hydroxyl groups excluding tert-OH is 1. The van der Waals surface area contributed by atoms with Crippen LogP contribution in [0.5, 0.6) is 0 Å². The average molecular weight is 474 g/mol. The van der Waals surface area contributed by atoms with Gasteiger partial charge in [0.1, 0.15) is 0 Å². The lowest BCUT2D eigenvalue weighted by atomic mass is 9.83. The SMILES string of the molecule is Cc1cccc(-c2csc(CCc3ccc(CO)cc3)c2)c1C(O)(C(F)(F)F)C(F)(F)F. The second kappa shape index (κ2) is 8.88. The molecule has 0 radical (unpaired) electrons. The summed E-state index contributed by atoms with van der Waals surface area (Å²) in [6, 6.07) is 12.5. The van der Waals surface area contributed by atoms with E-state index in [1.54, 1.807) is 18.2 Å². The van der Waals surface area contributed by atoms with Crippen molar-refractivity contribution in [1.29, 1.82) is 0 Å². The van der Waals surface area contributed by atoms with Gasteiger partial charge in [0.05, 0.1) is 6.61 Å². The zero-order valence-electron chi connectivity index (χ0n) is 16.9. The van der Waals surface area contributed by atoms with Crippen LogP contribution in [0.25, 0.3) is 11.1 Å². The molecule has 172 valence electrons. The maximum Gasteiger partial charge on any atom is 0.430 e. The van der Waals surface area contributed by atoms with Gasteiger partial charge in [0, 0.05) is 10.4 Å². The number of aryl methyl sites for hydroxylation is 3. The van der Waals surface area contributed by atoms with Gasteiger partial charge in [-0.2, -0.15) is 26.3 Å². The van der Waals surface area contributed by atoms with Crippen molar-refractivity contribution >= 4 is 11.3 Å². The fraction of sp³-hybridized carbons (Fsp3) is 0.304. The number of hydrogen-bond acceptors (Lipinski definition) is 3. The Hall–Kier alpha value is -2.36. The smallest absolute Gasteiger partial charge is 0.392 e. The van der Waals surface area contributed by atoms with Crippen molar-refractivity contribution in [2.75, 3.05) is 0 Å². The lowest BCUT2D eigenvalue weighted by molar-refractivity contribution is -0.376. The van der Waals surface area contributed by atoms with Gasteiger partial charge in [-0.1, -0.05) is 42.5 Å². The molecular formula is C23H20F6O2S. The number of halogens is 6. The van der Waals surface area contributed by atoms with E-state index in [1.165, 1.54) is 22.8 Å². The third-order valence-electron chi connectivity index (χ3n) is 5.29. The van der Waals surface area contributed by atoms with Crippen LogP contribution in [0.1, 0.15) is 27.1 Å². The summed E-state index contributed by atoms with van der Waals surface area (Å²) >= 11 is 1.23. The number of thiophene rings is 1. The minimum atomic E-state index is -5.95. The summed E-state index contributed by atoms with van der Waals surface area (Å²) in [4.78, 5) is 0.779. The number of aliphatic hydroxyl groups is 2. The van der Waals surface area contributed by atoms with Gasteiger partial charge in [-0.15, -0.1) is 11.3 Å². The minimum absolute atomic E-state index is 0.0738. The van der Waals surface area contributed by atoms with E-state index in [-0.39, 0.29) is 23.3 Å². The molecule has 0 aliphatic rings. The molecule has 0 atom stereocenters. The van der Waals surface area contributed by atoms with E-state index in [1.807, 2.05) is 12.1 Å². The predicted octanol–water partition coefficient (Wildman–Crippen LogP) is 6.31. The molecule has 0 saturated heterocycles. The van der Waals surface area contributed by atoms with E-state index in [2.05, 4.69) is 0 Å². The lowest BCUT2D eigenvalue weighted by Gasteiger charge is -2.35. The Morgan fingerprint density at radius 3 is 2.00 bits per heavy atom. The van der Waals surface area contributed by atoms with E-state index < -0.39 is 23.5 Å². The molecule has 2 aromatic carbocycles. The fourth-order valence-corrected chi connectivity index (χ4v) is 4.45. The number of hydrogen-bond donors (Lipinski definition) is 2. The normalized spacial score (nSPS) is 12.9. The molecule has 0 bridgehead atoms. The summed E-state index contributed by atoms with van der Waals surface area (Å²) in [5.74, 6) is 0.